The molecule has 0 aliphatic carbocycles. The summed E-state index contributed by atoms with van der Waals surface area (Å²) in [5.41, 5.74) is 0.0626. The first kappa shape index (κ1) is 14.3. The van der Waals surface area contributed by atoms with Gasteiger partial charge in [0.15, 0.2) is 0 Å². The van der Waals surface area contributed by atoms with Gasteiger partial charge in [-0.2, -0.15) is 0 Å². The zero-order valence-electron chi connectivity index (χ0n) is 11.5. The zero-order chi connectivity index (χ0) is 12.4. The minimum Gasteiger partial charge on any atom is -0.369 e. The fourth-order valence-corrected chi connectivity index (χ4v) is 3.31. The van der Waals surface area contributed by atoms with Gasteiger partial charge in [0.2, 0.25) is 0 Å². The largest absolute Gasteiger partial charge is 0.369 e. The Morgan fingerprint density at radius 1 is 1.25 bits per heavy atom. The van der Waals surface area contributed by atoms with Crippen molar-refractivity contribution in [1.82, 2.24) is 0 Å². The van der Waals surface area contributed by atoms with Crippen LogP contribution in [0.4, 0.5) is 0 Å². The summed E-state index contributed by atoms with van der Waals surface area (Å²) in [7, 11) is 0. The Balaban J connectivity index is 2.42. The van der Waals surface area contributed by atoms with E-state index in [1.807, 2.05) is 0 Å². The van der Waals surface area contributed by atoms with Gasteiger partial charge in [0, 0.05) is 5.38 Å². The molecule has 0 amide bonds. The highest BCUT2D eigenvalue weighted by Crippen LogP contribution is 2.44. The third-order valence-electron chi connectivity index (χ3n) is 3.69. The number of rotatable bonds is 5. The predicted molar refractivity (Wildman–Crippen MR) is 71.1 cm³/mol. The lowest BCUT2D eigenvalue weighted by atomic mass is 9.83. The van der Waals surface area contributed by atoms with Crippen molar-refractivity contribution in [2.75, 3.05) is 0 Å². The summed E-state index contributed by atoms with van der Waals surface area (Å²) in [5.74, 6) is 0.653. The molecule has 1 nitrogen and oxygen atoms in total. The third kappa shape index (κ3) is 3.92. The van der Waals surface area contributed by atoms with E-state index in [1.54, 1.807) is 0 Å². The summed E-state index contributed by atoms with van der Waals surface area (Å²) in [6.07, 6.45) is 5.81. The summed E-state index contributed by atoms with van der Waals surface area (Å²) < 4.78 is 6.10. The van der Waals surface area contributed by atoms with Crippen LogP contribution in [0.5, 0.6) is 0 Å². The first-order chi connectivity index (χ1) is 7.27. The molecular formula is C14H27ClO. The summed E-state index contributed by atoms with van der Waals surface area (Å²) >= 11 is 6.28. The van der Waals surface area contributed by atoms with E-state index in [0.29, 0.717) is 11.3 Å². The van der Waals surface area contributed by atoms with Crippen LogP contribution >= 0.6 is 11.6 Å². The summed E-state index contributed by atoms with van der Waals surface area (Å²) in [6.45, 7) is 11.0. The van der Waals surface area contributed by atoms with Crippen LogP contribution in [0.25, 0.3) is 0 Å². The van der Waals surface area contributed by atoms with Crippen molar-refractivity contribution in [3.8, 4) is 0 Å². The van der Waals surface area contributed by atoms with Gasteiger partial charge >= 0.3 is 0 Å². The monoisotopic (exact) mass is 246 g/mol. The van der Waals surface area contributed by atoms with Gasteiger partial charge in [-0.1, -0.05) is 13.3 Å². The van der Waals surface area contributed by atoms with Crippen molar-refractivity contribution in [2.24, 2.45) is 5.92 Å². The molecule has 1 fully saturated rings. The summed E-state index contributed by atoms with van der Waals surface area (Å²) in [4.78, 5) is 0. The second kappa shape index (κ2) is 5.27. The van der Waals surface area contributed by atoms with Crippen LogP contribution in [0.3, 0.4) is 0 Å². The van der Waals surface area contributed by atoms with Gasteiger partial charge in [-0.25, -0.2) is 0 Å². The molecule has 0 spiro atoms. The van der Waals surface area contributed by atoms with E-state index in [9.17, 15) is 0 Å². The highest BCUT2D eigenvalue weighted by atomic mass is 35.5. The first-order valence-electron chi connectivity index (χ1n) is 6.61. The molecule has 2 heteroatoms. The minimum absolute atomic E-state index is 0.0202. The van der Waals surface area contributed by atoms with Crippen LogP contribution in [0.1, 0.15) is 66.7 Å². The second-order valence-electron chi connectivity index (χ2n) is 6.33. The molecule has 1 rings (SSSR count). The highest BCUT2D eigenvalue weighted by Gasteiger charge is 2.45. The Hall–Kier alpha value is 0.250. The van der Waals surface area contributed by atoms with Crippen LogP contribution in [-0.4, -0.2) is 16.6 Å². The van der Waals surface area contributed by atoms with E-state index in [1.165, 1.54) is 12.8 Å². The molecule has 2 unspecified atom stereocenters. The molecule has 0 N–H and O–H groups in total. The van der Waals surface area contributed by atoms with Crippen molar-refractivity contribution in [3.05, 3.63) is 0 Å². The summed E-state index contributed by atoms with van der Waals surface area (Å²) in [5, 5.41) is 0.351. The maximum Gasteiger partial charge on any atom is 0.0662 e. The van der Waals surface area contributed by atoms with E-state index in [4.69, 9.17) is 16.3 Å². The molecule has 16 heavy (non-hydrogen) atoms. The third-order valence-corrected chi connectivity index (χ3v) is 4.13. The lowest BCUT2D eigenvalue weighted by molar-refractivity contribution is -0.0753. The van der Waals surface area contributed by atoms with E-state index in [2.05, 4.69) is 34.6 Å². The molecule has 2 atom stereocenters. The molecule has 1 aliphatic rings. The standard InChI is InChI=1S/C14H27ClO/c1-6-7-12(15)9-8-11-10-13(2,3)16-14(11,4)5/h11-12H,6-10H2,1-5H3. The molecule has 1 aliphatic heterocycles. The van der Waals surface area contributed by atoms with Crippen molar-refractivity contribution in [1.29, 1.82) is 0 Å². The molecule has 0 bridgehead atoms. The van der Waals surface area contributed by atoms with Gasteiger partial charge in [0.25, 0.3) is 0 Å². The van der Waals surface area contributed by atoms with Gasteiger partial charge in [-0.3, -0.25) is 0 Å². The van der Waals surface area contributed by atoms with Crippen molar-refractivity contribution in [2.45, 2.75) is 83.3 Å². The average Bonchev–Trinajstić information content (AvgIpc) is 2.31. The smallest absolute Gasteiger partial charge is 0.0662 e. The number of hydrogen-bond acceptors (Lipinski definition) is 1. The maximum absolute atomic E-state index is 6.28. The van der Waals surface area contributed by atoms with Gasteiger partial charge in [-0.15, -0.1) is 11.6 Å². The molecule has 1 heterocycles. The second-order valence-corrected chi connectivity index (χ2v) is 6.95. The maximum atomic E-state index is 6.28. The Labute approximate surface area is 106 Å². The van der Waals surface area contributed by atoms with Crippen LogP contribution in [0.15, 0.2) is 0 Å². The van der Waals surface area contributed by atoms with E-state index in [-0.39, 0.29) is 11.2 Å². The normalized spacial score (nSPS) is 29.2. The van der Waals surface area contributed by atoms with Crippen molar-refractivity contribution >= 4 is 11.6 Å². The first-order valence-corrected chi connectivity index (χ1v) is 7.05. The zero-order valence-corrected chi connectivity index (χ0v) is 12.2. The van der Waals surface area contributed by atoms with Gasteiger partial charge < -0.3 is 4.74 Å². The Bertz CT molecular complexity index is 223. The Kier molecular flexibility index (Phi) is 4.71. The van der Waals surface area contributed by atoms with E-state index >= 15 is 0 Å². The fraction of sp³-hybridized carbons (Fsp3) is 1.00. The quantitative estimate of drug-likeness (QED) is 0.635. The highest BCUT2D eigenvalue weighted by molar-refractivity contribution is 6.20. The molecule has 0 aromatic heterocycles. The van der Waals surface area contributed by atoms with Crippen LogP contribution in [-0.2, 0) is 4.74 Å². The Morgan fingerprint density at radius 2 is 1.88 bits per heavy atom. The molecule has 96 valence electrons. The van der Waals surface area contributed by atoms with Gasteiger partial charge in [-0.05, 0) is 59.3 Å². The topological polar surface area (TPSA) is 9.23 Å². The molecule has 0 aromatic carbocycles. The summed E-state index contributed by atoms with van der Waals surface area (Å²) in [6, 6.07) is 0. The molecule has 1 saturated heterocycles. The predicted octanol–water partition coefficient (Wildman–Crippen LogP) is 4.77. The number of ether oxygens (including phenoxy) is 1. The van der Waals surface area contributed by atoms with Crippen LogP contribution in [0.2, 0.25) is 0 Å². The number of halogens is 1. The Morgan fingerprint density at radius 3 is 2.31 bits per heavy atom. The van der Waals surface area contributed by atoms with E-state index < -0.39 is 0 Å². The van der Waals surface area contributed by atoms with Crippen LogP contribution in [0, 0.1) is 5.92 Å². The van der Waals surface area contributed by atoms with Crippen molar-refractivity contribution in [3.63, 3.8) is 0 Å². The van der Waals surface area contributed by atoms with E-state index in [0.717, 1.165) is 19.3 Å². The van der Waals surface area contributed by atoms with Crippen LogP contribution < -0.4 is 0 Å². The van der Waals surface area contributed by atoms with Gasteiger partial charge in [0.05, 0.1) is 11.2 Å². The van der Waals surface area contributed by atoms with Crippen molar-refractivity contribution < 1.29 is 4.74 Å². The number of alkyl halides is 1. The average molecular weight is 247 g/mol. The molecule has 0 saturated carbocycles. The molecule has 0 radical (unpaired) electrons. The molecular weight excluding hydrogens is 220 g/mol. The minimum atomic E-state index is 0.0202. The number of hydrogen-bond donors (Lipinski definition) is 0. The lowest BCUT2D eigenvalue weighted by Crippen LogP contribution is -2.29. The van der Waals surface area contributed by atoms with Gasteiger partial charge in [0.1, 0.15) is 0 Å². The fourth-order valence-electron chi connectivity index (χ4n) is 2.97. The lowest BCUT2D eigenvalue weighted by Gasteiger charge is -2.27. The molecule has 0 aromatic rings. The SMILES string of the molecule is CCCC(Cl)CCC1CC(C)(C)OC1(C)C.